The van der Waals surface area contributed by atoms with E-state index in [4.69, 9.17) is 5.73 Å². The lowest BCUT2D eigenvalue weighted by atomic mass is 10.2. The fourth-order valence-electron chi connectivity index (χ4n) is 2.38. The SMILES string of the molecule is NCCCn1nc(-c2ccccc2)n(-c2ccccc2)c1=O. The highest BCUT2D eigenvalue weighted by molar-refractivity contribution is 5.57. The molecule has 2 N–H and O–H groups in total. The summed E-state index contributed by atoms with van der Waals surface area (Å²) in [4.78, 5) is 12.7. The van der Waals surface area contributed by atoms with Crippen LogP contribution in [0.15, 0.2) is 65.5 Å². The third kappa shape index (κ3) is 2.71. The van der Waals surface area contributed by atoms with Gasteiger partial charge in [0.05, 0.1) is 5.69 Å². The molecule has 0 unspecified atom stereocenters. The molecule has 0 atom stereocenters. The fourth-order valence-corrected chi connectivity index (χ4v) is 2.38. The first-order chi connectivity index (χ1) is 10.8. The quantitative estimate of drug-likeness (QED) is 0.783. The molecular formula is C17H18N4O. The molecule has 0 saturated carbocycles. The summed E-state index contributed by atoms with van der Waals surface area (Å²) in [5.74, 6) is 0.647. The van der Waals surface area contributed by atoms with E-state index in [2.05, 4.69) is 5.10 Å². The summed E-state index contributed by atoms with van der Waals surface area (Å²) in [6.07, 6.45) is 0.722. The lowest BCUT2D eigenvalue weighted by molar-refractivity contribution is 0.563. The molecular weight excluding hydrogens is 276 g/mol. The van der Waals surface area contributed by atoms with Gasteiger partial charge in [-0.25, -0.2) is 14.0 Å². The van der Waals surface area contributed by atoms with E-state index < -0.39 is 0 Å². The zero-order valence-corrected chi connectivity index (χ0v) is 12.2. The Morgan fingerprint density at radius 1 is 0.955 bits per heavy atom. The van der Waals surface area contributed by atoms with E-state index in [0.717, 1.165) is 17.7 Å². The maximum absolute atomic E-state index is 12.7. The number of hydrogen-bond donors (Lipinski definition) is 1. The van der Waals surface area contributed by atoms with Gasteiger partial charge in [0, 0.05) is 12.1 Å². The first kappa shape index (κ1) is 14.3. The summed E-state index contributed by atoms with van der Waals surface area (Å²) in [7, 11) is 0. The van der Waals surface area contributed by atoms with Crippen molar-refractivity contribution in [2.24, 2.45) is 5.73 Å². The van der Waals surface area contributed by atoms with E-state index in [0.29, 0.717) is 18.9 Å². The summed E-state index contributed by atoms with van der Waals surface area (Å²) in [5, 5.41) is 4.51. The van der Waals surface area contributed by atoms with Crippen LogP contribution in [-0.2, 0) is 6.54 Å². The van der Waals surface area contributed by atoms with Crippen molar-refractivity contribution >= 4 is 0 Å². The summed E-state index contributed by atoms with van der Waals surface area (Å²) in [6, 6.07) is 19.3. The average molecular weight is 294 g/mol. The van der Waals surface area contributed by atoms with Crippen LogP contribution >= 0.6 is 0 Å². The topological polar surface area (TPSA) is 65.8 Å². The zero-order chi connectivity index (χ0) is 15.4. The highest BCUT2D eigenvalue weighted by Crippen LogP contribution is 2.18. The van der Waals surface area contributed by atoms with E-state index in [1.807, 2.05) is 60.7 Å². The van der Waals surface area contributed by atoms with Crippen molar-refractivity contribution < 1.29 is 0 Å². The Morgan fingerprint density at radius 3 is 2.23 bits per heavy atom. The van der Waals surface area contributed by atoms with Gasteiger partial charge in [-0.2, -0.15) is 0 Å². The molecule has 0 fully saturated rings. The van der Waals surface area contributed by atoms with Crippen LogP contribution in [0.3, 0.4) is 0 Å². The van der Waals surface area contributed by atoms with Gasteiger partial charge in [0.15, 0.2) is 5.82 Å². The van der Waals surface area contributed by atoms with Crippen molar-refractivity contribution in [2.45, 2.75) is 13.0 Å². The molecule has 5 nitrogen and oxygen atoms in total. The van der Waals surface area contributed by atoms with E-state index in [9.17, 15) is 4.79 Å². The number of nitrogens with two attached hydrogens (primary N) is 1. The first-order valence-corrected chi connectivity index (χ1v) is 7.32. The fraction of sp³-hybridized carbons (Fsp3) is 0.176. The van der Waals surface area contributed by atoms with Gasteiger partial charge in [0.1, 0.15) is 0 Å². The van der Waals surface area contributed by atoms with Crippen LogP contribution in [0.5, 0.6) is 0 Å². The number of benzene rings is 2. The van der Waals surface area contributed by atoms with Gasteiger partial charge < -0.3 is 5.73 Å². The van der Waals surface area contributed by atoms with Gasteiger partial charge in [-0.1, -0.05) is 48.5 Å². The van der Waals surface area contributed by atoms with Crippen molar-refractivity contribution in [1.29, 1.82) is 0 Å². The first-order valence-electron chi connectivity index (χ1n) is 7.32. The summed E-state index contributed by atoms with van der Waals surface area (Å²) in [5.41, 5.74) is 7.13. The standard InChI is InChI=1S/C17H18N4O/c18-12-7-13-20-17(22)21(15-10-5-2-6-11-15)16(19-20)14-8-3-1-4-9-14/h1-6,8-11H,7,12-13,18H2. The smallest absolute Gasteiger partial charge is 0.330 e. The number of nitrogens with zero attached hydrogens (tertiary/aromatic N) is 3. The molecule has 5 heteroatoms. The Morgan fingerprint density at radius 2 is 1.59 bits per heavy atom. The van der Waals surface area contributed by atoms with Crippen molar-refractivity contribution in [3.63, 3.8) is 0 Å². The predicted molar refractivity (Wildman–Crippen MR) is 86.9 cm³/mol. The second-order valence-corrected chi connectivity index (χ2v) is 5.01. The molecule has 1 aromatic heterocycles. The van der Waals surface area contributed by atoms with Gasteiger partial charge in [0.25, 0.3) is 0 Å². The molecule has 22 heavy (non-hydrogen) atoms. The Bertz CT molecular complexity index is 791. The molecule has 0 bridgehead atoms. The van der Waals surface area contributed by atoms with Crippen LogP contribution in [0.4, 0.5) is 0 Å². The number of para-hydroxylation sites is 1. The lowest BCUT2D eigenvalue weighted by Crippen LogP contribution is -2.25. The average Bonchev–Trinajstić information content (AvgIpc) is 2.91. The molecule has 0 aliphatic carbocycles. The van der Waals surface area contributed by atoms with Gasteiger partial charge in [-0.3, -0.25) is 0 Å². The Kier molecular flexibility index (Phi) is 4.16. The monoisotopic (exact) mass is 294 g/mol. The van der Waals surface area contributed by atoms with Crippen molar-refractivity contribution in [3.05, 3.63) is 71.1 Å². The van der Waals surface area contributed by atoms with Crippen LogP contribution in [0.1, 0.15) is 6.42 Å². The zero-order valence-electron chi connectivity index (χ0n) is 12.2. The van der Waals surface area contributed by atoms with Gasteiger partial charge >= 0.3 is 5.69 Å². The molecule has 0 saturated heterocycles. The molecule has 112 valence electrons. The summed E-state index contributed by atoms with van der Waals surface area (Å²) < 4.78 is 3.13. The molecule has 0 amide bonds. The molecule has 0 aliphatic rings. The van der Waals surface area contributed by atoms with Gasteiger partial charge in [0.2, 0.25) is 0 Å². The largest absolute Gasteiger partial charge is 0.350 e. The number of hydrogen-bond acceptors (Lipinski definition) is 3. The molecule has 0 spiro atoms. The van der Waals surface area contributed by atoms with Gasteiger partial charge in [-0.05, 0) is 25.1 Å². The highest BCUT2D eigenvalue weighted by atomic mass is 16.2. The van der Waals surface area contributed by atoms with Crippen molar-refractivity contribution in [2.75, 3.05) is 6.54 Å². The molecule has 1 heterocycles. The second-order valence-electron chi connectivity index (χ2n) is 5.01. The number of rotatable bonds is 5. The number of aromatic nitrogens is 3. The normalized spacial score (nSPS) is 10.8. The molecule has 0 radical (unpaired) electrons. The summed E-state index contributed by atoms with van der Waals surface area (Å²) in [6.45, 7) is 1.06. The Balaban J connectivity index is 2.18. The number of aryl methyl sites for hydroxylation is 1. The molecule has 2 aromatic carbocycles. The third-order valence-electron chi connectivity index (χ3n) is 3.46. The van der Waals surface area contributed by atoms with Crippen LogP contribution in [0.25, 0.3) is 17.1 Å². The Labute approximate surface area is 128 Å². The third-order valence-corrected chi connectivity index (χ3v) is 3.46. The Hall–Kier alpha value is -2.66. The van der Waals surface area contributed by atoms with Crippen LogP contribution in [0, 0.1) is 0 Å². The van der Waals surface area contributed by atoms with E-state index in [1.165, 1.54) is 4.68 Å². The van der Waals surface area contributed by atoms with Crippen LogP contribution in [-0.4, -0.2) is 20.9 Å². The maximum atomic E-state index is 12.7. The maximum Gasteiger partial charge on any atom is 0.350 e. The van der Waals surface area contributed by atoms with Crippen molar-refractivity contribution in [3.8, 4) is 17.1 Å². The lowest BCUT2D eigenvalue weighted by Gasteiger charge is -2.05. The highest BCUT2D eigenvalue weighted by Gasteiger charge is 2.15. The van der Waals surface area contributed by atoms with Gasteiger partial charge in [-0.15, -0.1) is 5.10 Å². The molecule has 3 rings (SSSR count). The van der Waals surface area contributed by atoms with Crippen LogP contribution < -0.4 is 11.4 Å². The predicted octanol–water partition coefficient (Wildman–Crippen LogP) is 2.05. The molecule has 3 aromatic rings. The van der Waals surface area contributed by atoms with E-state index >= 15 is 0 Å². The minimum absolute atomic E-state index is 0.140. The molecule has 0 aliphatic heterocycles. The summed E-state index contributed by atoms with van der Waals surface area (Å²) >= 11 is 0. The minimum atomic E-state index is -0.140. The van der Waals surface area contributed by atoms with E-state index in [-0.39, 0.29) is 5.69 Å². The minimum Gasteiger partial charge on any atom is -0.330 e. The second kappa shape index (κ2) is 6.41. The van der Waals surface area contributed by atoms with E-state index in [1.54, 1.807) is 4.57 Å². The van der Waals surface area contributed by atoms with Crippen LogP contribution in [0.2, 0.25) is 0 Å². The van der Waals surface area contributed by atoms with Crippen molar-refractivity contribution in [1.82, 2.24) is 14.3 Å².